The Morgan fingerprint density at radius 3 is 1.81 bits per heavy atom. The van der Waals surface area contributed by atoms with E-state index in [4.69, 9.17) is 0 Å². The Morgan fingerprint density at radius 2 is 1.37 bits per heavy atom. The van der Waals surface area contributed by atoms with Crippen molar-refractivity contribution >= 4 is 16.2 Å². The third-order valence-corrected chi connectivity index (χ3v) is 6.23. The highest BCUT2D eigenvalue weighted by atomic mass is 32.2. The monoisotopic (exact) mass is 385 g/mol. The van der Waals surface area contributed by atoms with Crippen LogP contribution >= 0.6 is 0 Å². The van der Waals surface area contributed by atoms with Crippen LogP contribution in [-0.2, 0) is 10.0 Å². The van der Waals surface area contributed by atoms with Gasteiger partial charge in [0.2, 0.25) is 0 Å². The average Bonchev–Trinajstić information content (AvgIpc) is 2.59. The fraction of sp³-hybridized carbons (Fsp3) is 0.435. The van der Waals surface area contributed by atoms with E-state index in [1.807, 2.05) is 71.0 Å². The third kappa shape index (κ3) is 4.86. The Hall–Kier alpha value is -1.94. The van der Waals surface area contributed by atoms with Gasteiger partial charge in [0.25, 0.3) is 10.0 Å². The molecule has 0 fully saturated rings. The molecule has 0 spiro atoms. The smallest absolute Gasteiger partial charge is 0.199 e. The van der Waals surface area contributed by atoms with Crippen LogP contribution in [0.1, 0.15) is 87.1 Å². The van der Waals surface area contributed by atoms with E-state index in [9.17, 15) is 8.42 Å². The van der Waals surface area contributed by atoms with E-state index in [-0.39, 0.29) is 11.8 Å². The topological polar surface area (TPSA) is 46.5 Å². The molecule has 0 unspecified atom stereocenters. The first-order valence-corrected chi connectivity index (χ1v) is 11.0. The lowest BCUT2D eigenvalue weighted by atomic mass is 9.89. The van der Waals surface area contributed by atoms with Crippen LogP contribution in [0.5, 0.6) is 0 Å². The second-order valence-electron chi connectivity index (χ2n) is 8.06. The molecule has 0 amide bonds. The summed E-state index contributed by atoms with van der Waals surface area (Å²) in [5.41, 5.74) is 4.69. The van der Waals surface area contributed by atoms with Crippen molar-refractivity contribution in [2.75, 3.05) is 0 Å². The minimum absolute atomic E-state index is 0.0969. The zero-order chi connectivity index (χ0) is 20.4. The molecular formula is C23H31NO2S. The van der Waals surface area contributed by atoms with E-state index in [0.717, 1.165) is 22.3 Å². The van der Waals surface area contributed by atoms with E-state index < -0.39 is 10.0 Å². The molecule has 0 radical (unpaired) electrons. The maximum absolute atomic E-state index is 13.3. The molecule has 0 aliphatic carbocycles. The van der Waals surface area contributed by atoms with E-state index in [0.29, 0.717) is 10.8 Å². The number of aryl methyl sites for hydroxylation is 1. The summed E-state index contributed by atoms with van der Waals surface area (Å²) >= 11 is 0. The molecule has 2 aromatic rings. The number of sulfonamides is 1. The highest BCUT2D eigenvalue weighted by Gasteiger charge is 2.26. The highest BCUT2D eigenvalue weighted by Crippen LogP contribution is 2.36. The summed E-state index contributed by atoms with van der Waals surface area (Å²) in [6.45, 7) is 14.4. The van der Waals surface area contributed by atoms with Gasteiger partial charge in [-0.25, -0.2) is 0 Å². The molecule has 0 bridgehead atoms. The molecule has 2 aromatic carbocycles. The van der Waals surface area contributed by atoms with Crippen LogP contribution in [0, 0.1) is 6.92 Å². The van der Waals surface area contributed by atoms with Crippen molar-refractivity contribution in [1.82, 2.24) is 0 Å². The summed E-state index contributed by atoms with van der Waals surface area (Å²) < 4.78 is 30.6. The number of hydrogen-bond acceptors (Lipinski definition) is 2. The van der Waals surface area contributed by atoms with E-state index in [1.54, 1.807) is 0 Å². The molecule has 0 saturated heterocycles. The van der Waals surface area contributed by atoms with Gasteiger partial charge in [0.15, 0.2) is 0 Å². The molecule has 0 aliphatic heterocycles. The first-order valence-electron chi connectivity index (χ1n) is 9.58. The van der Waals surface area contributed by atoms with Crippen molar-refractivity contribution in [3.05, 3.63) is 64.2 Å². The molecule has 0 saturated carbocycles. The lowest BCUT2D eigenvalue weighted by Gasteiger charge is -2.21. The molecule has 27 heavy (non-hydrogen) atoms. The Kier molecular flexibility index (Phi) is 6.63. The van der Waals surface area contributed by atoms with Gasteiger partial charge in [-0.2, -0.15) is 12.8 Å². The van der Waals surface area contributed by atoms with Gasteiger partial charge in [-0.05, 0) is 52.5 Å². The molecule has 3 nitrogen and oxygen atoms in total. The van der Waals surface area contributed by atoms with Crippen molar-refractivity contribution in [3.63, 3.8) is 0 Å². The van der Waals surface area contributed by atoms with Crippen molar-refractivity contribution in [1.29, 1.82) is 0 Å². The van der Waals surface area contributed by atoms with Gasteiger partial charge in [0.1, 0.15) is 0 Å². The number of benzene rings is 2. The normalized spacial score (nSPS) is 12.7. The quantitative estimate of drug-likeness (QED) is 0.558. The van der Waals surface area contributed by atoms with Crippen LogP contribution < -0.4 is 0 Å². The predicted molar refractivity (Wildman–Crippen MR) is 115 cm³/mol. The number of nitrogens with zero attached hydrogens (tertiary/aromatic N) is 1. The predicted octanol–water partition coefficient (Wildman–Crippen LogP) is 6.17. The summed E-state index contributed by atoms with van der Waals surface area (Å²) in [5.74, 6) is 0.534. The van der Waals surface area contributed by atoms with E-state index in [1.165, 1.54) is 11.8 Å². The van der Waals surface area contributed by atoms with E-state index in [2.05, 4.69) is 18.2 Å². The minimum atomic E-state index is -3.80. The van der Waals surface area contributed by atoms with Gasteiger partial charge in [0, 0.05) is 6.21 Å². The summed E-state index contributed by atoms with van der Waals surface area (Å²) in [5, 5.41) is 0. The molecule has 146 valence electrons. The Morgan fingerprint density at radius 1 is 0.852 bits per heavy atom. The zero-order valence-electron chi connectivity index (χ0n) is 17.4. The number of hydrogen-bond donors (Lipinski definition) is 0. The second kappa shape index (κ2) is 8.39. The highest BCUT2D eigenvalue weighted by molar-refractivity contribution is 7.90. The van der Waals surface area contributed by atoms with Crippen LogP contribution in [0.25, 0.3) is 0 Å². The Balaban J connectivity index is 2.69. The maximum atomic E-state index is 13.3. The molecular weight excluding hydrogens is 354 g/mol. The van der Waals surface area contributed by atoms with Crippen molar-refractivity contribution in [3.8, 4) is 0 Å². The molecule has 2 rings (SSSR count). The van der Waals surface area contributed by atoms with Crippen LogP contribution in [0.4, 0.5) is 0 Å². The van der Waals surface area contributed by atoms with Crippen molar-refractivity contribution < 1.29 is 8.42 Å². The molecule has 0 aromatic heterocycles. The van der Waals surface area contributed by atoms with Gasteiger partial charge < -0.3 is 0 Å². The zero-order valence-corrected chi connectivity index (χ0v) is 18.3. The summed E-state index contributed by atoms with van der Waals surface area (Å²) in [7, 11) is -3.80. The fourth-order valence-electron chi connectivity index (χ4n) is 3.10. The van der Waals surface area contributed by atoms with Crippen molar-refractivity contribution in [2.45, 2.75) is 71.1 Å². The largest absolute Gasteiger partial charge is 0.282 e. The summed E-state index contributed by atoms with van der Waals surface area (Å²) in [6.07, 6.45) is 1.47. The first kappa shape index (κ1) is 21.4. The van der Waals surface area contributed by atoms with Crippen LogP contribution in [0.15, 0.2) is 45.7 Å². The van der Waals surface area contributed by atoms with Gasteiger partial charge in [-0.1, -0.05) is 77.9 Å². The molecule has 0 aliphatic rings. The van der Waals surface area contributed by atoms with Crippen LogP contribution in [-0.4, -0.2) is 14.6 Å². The maximum Gasteiger partial charge on any atom is 0.282 e. The lowest BCUT2D eigenvalue weighted by Crippen LogP contribution is -2.11. The van der Waals surface area contributed by atoms with Gasteiger partial charge in [0.05, 0.1) is 4.90 Å². The Bertz CT molecular complexity index is 910. The summed E-state index contributed by atoms with van der Waals surface area (Å²) in [4.78, 5) is 0.377. The SMILES string of the molecule is Cc1ccccc1/C=N/S(=O)(=O)c1c(C(C)C)cc(C(C)C)cc1C(C)C. The van der Waals surface area contributed by atoms with Crippen molar-refractivity contribution in [2.24, 2.45) is 4.40 Å². The lowest BCUT2D eigenvalue weighted by molar-refractivity contribution is 0.592. The van der Waals surface area contributed by atoms with Crippen LogP contribution in [0.3, 0.4) is 0 Å². The standard InChI is InChI=1S/C23H31NO2S/c1-15(2)20-12-21(16(3)4)23(22(13-20)17(5)6)27(25,26)24-14-19-11-9-8-10-18(19)7/h8-17H,1-7H3/b24-14+. The average molecular weight is 386 g/mol. The van der Waals surface area contributed by atoms with Gasteiger partial charge >= 0.3 is 0 Å². The third-order valence-electron chi connectivity index (χ3n) is 4.86. The Labute approximate surface area is 164 Å². The molecule has 0 heterocycles. The fourth-order valence-corrected chi connectivity index (χ4v) is 4.64. The minimum Gasteiger partial charge on any atom is -0.199 e. The van der Waals surface area contributed by atoms with Gasteiger partial charge in [-0.3, -0.25) is 0 Å². The van der Waals surface area contributed by atoms with E-state index >= 15 is 0 Å². The summed E-state index contributed by atoms with van der Waals surface area (Å²) in [6, 6.07) is 11.7. The molecule has 0 atom stereocenters. The van der Waals surface area contributed by atoms with Gasteiger partial charge in [-0.15, -0.1) is 0 Å². The number of rotatable bonds is 6. The first-order chi connectivity index (χ1) is 12.5. The second-order valence-corrected chi connectivity index (χ2v) is 9.63. The molecule has 4 heteroatoms. The van der Waals surface area contributed by atoms with Crippen LogP contribution in [0.2, 0.25) is 0 Å². The molecule has 0 N–H and O–H groups in total.